The maximum Gasteiger partial charge on any atom is 0.140 e. The van der Waals surface area contributed by atoms with Crippen molar-refractivity contribution in [3.8, 4) is 11.5 Å². The predicted octanol–water partition coefficient (Wildman–Crippen LogP) is 5.17. The van der Waals surface area contributed by atoms with Crippen LogP contribution in [-0.2, 0) is 6.42 Å². The van der Waals surface area contributed by atoms with Crippen LogP contribution < -0.4 is 15.4 Å². The molecule has 1 atom stereocenters. The Bertz CT molecular complexity index is 957. The minimum Gasteiger partial charge on any atom is -0.457 e. The van der Waals surface area contributed by atoms with Gasteiger partial charge in [-0.2, -0.15) is 0 Å². The molecule has 2 heterocycles. The molecule has 4 rings (SSSR count). The number of nitrogens with zero attached hydrogens (tertiary/aromatic N) is 1. The van der Waals surface area contributed by atoms with Gasteiger partial charge in [0.15, 0.2) is 0 Å². The van der Waals surface area contributed by atoms with Gasteiger partial charge in [-0.05, 0) is 61.6 Å². The fourth-order valence-corrected chi connectivity index (χ4v) is 4.27. The molecular formula is C25H32N4O. The zero-order valence-corrected chi connectivity index (χ0v) is 17.8. The van der Waals surface area contributed by atoms with Gasteiger partial charge in [0.1, 0.15) is 17.1 Å². The Kier molecular flexibility index (Phi) is 6.70. The van der Waals surface area contributed by atoms with Crippen molar-refractivity contribution in [1.29, 1.82) is 0 Å². The van der Waals surface area contributed by atoms with E-state index in [2.05, 4.69) is 39.3 Å². The maximum absolute atomic E-state index is 6.10. The molecule has 0 aliphatic heterocycles. The molecule has 2 aromatic heterocycles. The first-order valence-corrected chi connectivity index (χ1v) is 11.0. The smallest absolute Gasteiger partial charge is 0.140 e. The minimum absolute atomic E-state index is 0.225. The average molecular weight is 405 g/mol. The van der Waals surface area contributed by atoms with E-state index in [0.29, 0.717) is 0 Å². The Morgan fingerprint density at radius 2 is 1.97 bits per heavy atom. The number of aromatic nitrogens is 2. The fraction of sp³-hybridized carbons (Fsp3) is 0.400. The van der Waals surface area contributed by atoms with Crippen molar-refractivity contribution in [1.82, 2.24) is 20.6 Å². The number of hydrogen-bond acceptors (Lipinski definition) is 4. The average Bonchev–Trinajstić information content (AvgIpc) is 3.28. The summed E-state index contributed by atoms with van der Waals surface area (Å²) in [6, 6.07) is 12.5. The van der Waals surface area contributed by atoms with Crippen molar-refractivity contribution in [2.24, 2.45) is 5.92 Å². The van der Waals surface area contributed by atoms with Crippen molar-refractivity contribution < 1.29 is 4.74 Å². The number of rotatable bonds is 9. The molecule has 0 radical (unpaired) electrons. The van der Waals surface area contributed by atoms with E-state index in [1.807, 2.05) is 37.5 Å². The second kappa shape index (κ2) is 9.81. The highest BCUT2D eigenvalue weighted by Crippen LogP contribution is 2.28. The molecule has 30 heavy (non-hydrogen) atoms. The van der Waals surface area contributed by atoms with Crippen LogP contribution in [0.25, 0.3) is 11.0 Å². The molecule has 1 unspecified atom stereocenters. The van der Waals surface area contributed by atoms with E-state index in [9.17, 15) is 0 Å². The SMILES string of the molecule is C=C(NC)C(Cc1ccc(Oc2ccnc3[nH]ccc23)cc1)NCC1CCCCC1. The van der Waals surface area contributed by atoms with Gasteiger partial charge < -0.3 is 20.4 Å². The van der Waals surface area contributed by atoms with Crippen LogP contribution >= 0.6 is 0 Å². The molecule has 0 saturated heterocycles. The minimum atomic E-state index is 0.225. The normalized spacial score (nSPS) is 15.8. The van der Waals surface area contributed by atoms with Crippen molar-refractivity contribution in [3.63, 3.8) is 0 Å². The molecule has 158 valence electrons. The highest BCUT2D eigenvalue weighted by Gasteiger charge is 2.17. The van der Waals surface area contributed by atoms with Gasteiger partial charge >= 0.3 is 0 Å². The molecule has 1 aromatic carbocycles. The molecule has 3 aromatic rings. The number of benzene rings is 1. The first kappa shape index (κ1) is 20.5. The highest BCUT2D eigenvalue weighted by molar-refractivity contribution is 5.82. The number of nitrogens with one attached hydrogen (secondary N) is 3. The summed E-state index contributed by atoms with van der Waals surface area (Å²) in [5, 5.41) is 7.98. The van der Waals surface area contributed by atoms with Crippen LogP contribution in [0.15, 0.2) is 61.1 Å². The lowest BCUT2D eigenvalue weighted by Crippen LogP contribution is -2.39. The number of hydrogen-bond donors (Lipinski definition) is 3. The van der Waals surface area contributed by atoms with Gasteiger partial charge in [-0.25, -0.2) is 4.98 Å². The van der Waals surface area contributed by atoms with E-state index >= 15 is 0 Å². The molecule has 5 heteroatoms. The first-order chi connectivity index (χ1) is 14.7. The third-order valence-corrected chi connectivity index (χ3v) is 6.13. The summed E-state index contributed by atoms with van der Waals surface area (Å²) >= 11 is 0. The lowest BCUT2D eigenvalue weighted by molar-refractivity contribution is 0.331. The van der Waals surface area contributed by atoms with Gasteiger partial charge in [0.2, 0.25) is 0 Å². The van der Waals surface area contributed by atoms with Crippen LogP contribution in [0, 0.1) is 5.92 Å². The summed E-state index contributed by atoms with van der Waals surface area (Å²) in [6.45, 7) is 5.29. The monoisotopic (exact) mass is 404 g/mol. The summed E-state index contributed by atoms with van der Waals surface area (Å²) in [7, 11) is 1.95. The Morgan fingerprint density at radius 1 is 1.17 bits per heavy atom. The van der Waals surface area contributed by atoms with Gasteiger partial charge in [0.25, 0.3) is 0 Å². The van der Waals surface area contributed by atoms with Crippen molar-refractivity contribution in [2.45, 2.75) is 44.6 Å². The topological polar surface area (TPSA) is 62.0 Å². The fourth-order valence-electron chi connectivity index (χ4n) is 4.27. The quantitative estimate of drug-likeness (QED) is 0.460. The molecule has 0 spiro atoms. The second-order valence-electron chi connectivity index (χ2n) is 8.24. The lowest BCUT2D eigenvalue weighted by Gasteiger charge is -2.27. The molecule has 1 fully saturated rings. The molecule has 0 amide bonds. The number of pyridine rings is 1. The summed E-state index contributed by atoms with van der Waals surface area (Å²) in [5.74, 6) is 2.43. The molecule has 1 aliphatic rings. The van der Waals surface area contributed by atoms with Crippen LogP contribution in [0.4, 0.5) is 0 Å². The van der Waals surface area contributed by atoms with Gasteiger partial charge in [-0.15, -0.1) is 0 Å². The van der Waals surface area contributed by atoms with Crippen molar-refractivity contribution in [2.75, 3.05) is 13.6 Å². The zero-order valence-electron chi connectivity index (χ0n) is 17.8. The zero-order chi connectivity index (χ0) is 20.8. The predicted molar refractivity (Wildman–Crippen MR) is 123 cm³/mol. The summed E-state index contributed by atoms with van der Waals surface area (Å²) in [5.41, 5.74) is 3.14. The van der Waals surface area contributed by atoms with Crippen LogP contribution in [0.5, 0.6) is 11.5 Å². The van der Waals surface area contributed by atoms with Crippen molar-refractivity contribution in [3.05, 3.63) is 66.6 Å². The van der Waals surface area contributed by atoms with E-state index in [1.165, 1.54) is 37.7 Å². The third kappa shape index (κ3) is 5.03. The third-order valence-electron chi connectivity index (χ3n) is 6.13. The number of ether oxygens (including phenoxy) is 1. The van der Waals surface area contributed by atoms with Gasteiger partial charge in [-0.3, -0.25) is 0 Å². The van der Waals surface area contributed by atoms with Crippen LogP contribution in [0.1, 0.15) is 37.7 Å². The van der Waals surface area contributed by atoms with E-state index in [4.69, 9.17) is 4.74 Å². The van der Waals surface area contributed by atoms with E-state index in [1.54, 1.807) is 6.20 Å². The first-order valence-electron chi connectivity index (χ1n) is 11.0. The largest absolute Gasteiger partial charge is 0.457 e. The van der Waals surface area contributed by atoms with Gasteiger partial charge in [-0.1, -0.05) is 38.0 Å². The van der Waals surface area contributed by atoms with Crippen LogP contribution in [0.3, 0.4) is 0 Å². The molecule has 1 saturated carbocycles. The Balaban J connectivity index is 1.38. The van der Waals surface area contributed by atoms with Crippen molar-refractivity contribution >= 4 is 11.0 Å². The number of H-pyrrole nitrogens is 1. The molecule has 3 N–H and O–H groups in total. The van der Waals surface area contributed by atoms with Gasteiger partial charge in [0.05, 0.1) is 11.4 Å². The Hall–Kier alpha value is -2.79. The lowest BCUT2D eigenvalue weighted by atomic mass is 9.89. The standard InChI is InChI=1S/C25H32N4O/c1-18(26-2)23(29-17-20-6-4-3-5-7-20)16-19-8-10-21(11-9-19)30-24-13-15-28-25-22(24)12-14-27-25/h8-15,20,23,26,29H,1,3-7,16-17H2,2H3,(H,27,28). The summed E-state index contributed by atoms with van der Waals surface area (Å²) < 4.78 is 6.10. The number of likely N-dealkylation sites (N-methyl/N-ethyl adjacent to an activating group) is 1. The van der Waals surface area contributed by atoms with Crippen LogP contribution in [-0.4, -0.2) is 29.6 Å². The van der Waals surface area contributed by atoms with E-state index < -0.39 is 0 Å². The number of fused-ring (bicyclic) bond motifs is 1. The Morgan fingerprint density at radius 3 is 2.73 bits per heavy atom. The summed E-state index contributed by atoms with van der Waals surface area (Å²) in [4.78, 5) is 7.43. The maximum atomic E-state index is 6.10. The second-order valence-corrected chi connectivity index (χ2v) is 8.24. The van der Waals surface area contributed by atoms with E-state index in [-0.39, 0.29) is 6.04 Å². The Labute approximate surface area is 178 Å². The molecule has 0 bridgehead atoms. The van der Waals surface area contributed by atoms with Gasteiger partial charge in [0, 0.05) is 25.1 Å². The van der Waals surface area contributed by atoms with E-state index in [0.717, 1.165) is 47.1 Å². The highest BCUT2D eigenvalue weighted by atomic mass is 16.5. The van der Waals surface area contributed by atoms with Crippen LogP contribution in [0.2, 0.25) is 0 Å². The number of aromatic amines is 1. The molecule has 1 aliphatic carbocycles. The summed E-state index contributed by atoms with van der Waals surface area (Å²) in [6.07, 6.45) is 11.4. The molecule has 5 nitrogen and oxygen atoms in total. The molecular weight excluding hydrogens is 372 g/mol.